The van der Waals surface area contributed by atoms with Gasteiger partial charge < -0.3 is 15.2 Å². The molecule has 0 radical (unpaired) electrons. The standard InChI is InChI=1S/C15H17N7O/c1-2-21-11-17-20-14(21)9-16-15(23)19-12-8-18-22(10-12)13-6-4-3-5-7-13/h3-8,10-11H,2,9H2,1H3,(H2,16,19,23). The molecule has 8 nitrogen and oxygen atoms in total. The van der Waals surface area contributed by atoms with Crippen molar-refractivity contribution in [3.05, 3.63) is 54.9 Å². The second-order valence-corrected chi connectivity index (χ2v) is 4.85. The lowest BCUT2D eigenvalue weighted by molar-refractivity contribution is 0.251. The van der Waals surface area contributed by atoms with Crippen LogP contribution in [0.4, 0.5) is 10.5 Å². The average Bonchev–Trinajstić information content (AvgIpc) is 3.22. The molecule has 1 aromatic carbocycles. The van der Waals surface area contributed by atoms with Crippen molar-refractivity contribution in [3.8, 4) is 5.69 Å². The fraction of sp³-hybridized carbons (Fsp3) is 0.200. The van der Waals surface area contributed by atoms with Crippen molar-refractivity contribution in [1.82, 2.24) is 29.9 Å². The number of anilines is 1. The number of amides is 2. The van der Waals surface area contributed by atoms with Gasteiger partial charge in [0.15, 0.2) is 5.82 Å². The number of hydrogen-bond acceptors (Lipinski definition) is 4. The van der Waals surface area contributed by atoms with Crippen molar-refractivity contribution >= 4 is 11.7 Å². The number of nitrogens with one attached hydrogen (secondary N) is 2. The minimum absolute atomic E-state index is 0.312. The third-order valence-corrected chi connectivity index (χ3v) is 3.30. The lowest BCUT2D eigenvalue weighted by Gasteiger charge is -2.06. The molecule has 0 saturated carbocycles. The Kier molecular flexibility index (Phi) is 4.32. The van der Waals surface area contributed by atoms with Crippen molar-refractivity contribution in [1.29, 1.82) is 0 Å². The van der Waals surface area contributed by atoms with Crippen LogP contribution in [0.5, 0.6) is 0 Å². The summed E-state index contributed by atoms with van der Waals surface area (Å²) in [5.41, 5.74) is 1.54. The zero-order valence-corrected chi connectivity index (χ0v) is 12.7. The fourth-order valence-corrected chi connectivity index (χ4v) is 2.12. The summed E-state index contributed by atoms with van der Waals surface area (Å²) in [6, 6.07) is 9.36. The maximum Gasteiger partial charge on any atom is 0.319 e. The van der Waals surface area contributed by atoms with E-state index >= 15 is 0 Å². The van der Waals surface area contributed by atoms with E-state index in [1.54, 1.807) is 23.4 Å². The molecule has 3 rings (SSSR count). The highest BCUT2D eigenvalue weighted by Gasteiger charge is 2.07. The average molecular weight is 311 g/mol. The van der Waals surface area contributed by atoms with E-state index in [4.69, 9.17) is 0 Å². The molecule has 2 amide bonds. The monoisotopic (exact) mass is 311 g/mol. The molecule has 23 heavy (non-hydrogen) atoms. The molecule has 2 heterocycles. The van der Waals surface area contributed by atoms with Crippen molar-refractivity contribution in [2.24, 2.45) is 0 Å². The van der Waals surface area contributed by atoms with Crippen LogP contribution in [0, 0.1) is 0 Å². The van der Waals surface area contributed by atoms with Crippen LogP contribution in [0.3, 0.4) is 0 Å². The van der Waals surface area contributed by atoms with Gasteiger partial charge in [0.1, 0.15) is 6.33 Å². The number of aryl methyl sites for hydroxylation is 1. The number of para-hydroxylation sites is 1. The van der Waals surface area contributed by atoms with Crippen LogP contribution in [0.25, 0.3) is 5.69 Å². The van der Waals surface area contributed by atoms with Gasteiger partial charge in [-0.05, 0) is 19.1 Å². The van der Waals surface area contributed by atoms with Gasteiger partial charge in [-0.3, -0.25) is 0 Å². The van der Waals surface area contributed by atoms with E-state index in [2.05, 4.69) is 25.9 Å². The lowest BCUT2D eigenvalue weighted by Crippen LogP contribution is -2.29. The van der Waals surface area contributed by atoms with Crippen molar-refractivity contribution in [2.45, 2.75) is 20.0 Å². The summed E-state index contributed by atoms with van der Waals surface area (Å²) in [7, 11) is 0. The van der Waals surface area contributed by atoms with Gasteiger partial charge in [0.25, 0.3) is 0 Å². The predicted octanol–water partition coefficient (Wildman–Crippen LogP) is 1.81. The summed E-state index contributed by atoms with van der Waals surface area (Å²) in [5.74, 6) is 0.711. The molecule has 0 saturated heterocycles. The van der Waals surface area contributed by atoms with Gasteiger partial charge in [-0.25, -0.2) is 9.48 Å². The van der Waals surface area contributed by atoms with Gasteiger partial charge in [-0.2, -0.15) is 5.10 Å². The summed E-state index contributed by atoms with van der Waals surface area (Å²) in [4.78, 5) is 11.9. The van der Waals surface area contributed by atoms with E-state index in [1.165, 1.54) is 0 Å². The lowest BCUT2D eigenvalue weighted by atomic mass is 10.3. The molecule has 0 aliphatic rings. The number of benzene rings is 1. The van der Waals surface area contributed by atoms with Gasteiger partial charge in [0.2, 0.25) is 0 Å². The van der Waals surface area contributed by atoms with Crippen LogP contribution in [0.15, 0.2) is 49.1 Å². The second-order valence-electron chi connectivity index (χ2n) is 4.85. The van der Waals surface area contributed by atoms with Crippen LogP contribution >= 0.6 is 0 Å². The molecule has 0 fully saturated rings. The molecule has 3 aromatic rings. The molecule has 2 N–H and O–H groups in total. The summed E-state index contributed by atoms with van der Waals surface area (Å²) in [5, 5.41) is 17.5. The molecule has 0 unspecified atom stereocenters. The van der Waals surface area contributed by atoms with E-state index in [1.807, 2.05) is 41.8 Å². The topological polar surface area (TPSA) is 89.7 Å². The molecule has 2 aromatic heterocycles. The molecular weight excluding hydrogens is 294 g/mol. The number of rotatable bonds is 5. The Morgan fingerprint density at radius 2 is 2.09 bits per heavy atom. The van der Waals surface area contributed by atoms with Gasteiger partial charge in [-0.15, -0.1) is 10.2 Å². The summed E-state index contributed by atoms with van der Waals surface area (Å²) < 4.78 is 3.57. The van der Waals surface area contributed by atoms with Crippen LogP contribution in [-0.4, -0.2) is 30.6 Å². The van der Waals surface area contributed by atoms with Crippen LogP contribution < -0.4 is 10.6 Å². The molecule has 0 aliphatic heterocycles. The van der Waals surface area contributed by atoms with Gasteiger partial charge in [0.05, 0.1) is 30.3 Å². The van der Waals surface area contributed by atoms with E-state index in [9.17, 15) is 4.79 Å². The Morgan fingerprint density at radius 3 is 2.87 bits per heavy atom. The second kappa shape index (κ2) is 6.73. The SMILES string of the molecule is CCn1cnnc1CNC(=O)Nc1cnn(-c2ccccc2)c1. The Hall–Kier alpha value is -3.16. The van der Waals surface area contributed by atoms with Gasteiger partial charge in [-0.1, -0.05) is 18.2 Å². The maximum absolute atomic E-state index is 11.9. The van der Waals surface area contributed by atoms with Crippen LogP contribution in [0.2, 0.25) is 0 Å². The van der Waals surface area contributed by atoms with E-state index in [-0.39, 0.29) is 6.03 Å². The normalized spacial score (nSPS) is 10.5. The number of aromatic nitrogens is 5. The highest BCUT2D eigenvalue weighted by molar-refractivity contribution is 5.88. The first-order valence-electron chi connectivity index (χ1n) is 7.28. The van der Waals surface area contributed by atoms with Crippen molar-refractivity contribution in [2.75, 3.05) is 5.32 Å². The molecular formula is C15H17N7O. The molecule has 0 atom stereocenters. The Labute approximate surface area is 133 Å². The van der Waals surface area contributed by atoms with Crippen LogP contribution in [-0.2, 0) is 13.1 Å². The Balaban J connectivity index is 1.57. The minimum atomic E-state index is -0.316. The Morgan fingerprint density at radius 1 is 1.26 bits per heavy atom. The van der Waals surface area contributed by atoms with E-state index < -0.39 is 0 Å². The van der Waals surface area contributed by atoms with E-state index in [0.29, 0.717) is 18.1 Å². The zero-order chi connectivity index (χ0) is 16.1. The maximum atomic E-state index is 11.9. The number of nitrogens with zero attached hydrogens (tertiary/aromatic N) is 5. The van der Waals surface area contributed by atoms with Crippen molar-refractivity contribution in [3.63, 3.8) is 0 Å². The number of urea groups is 1. The van der Waals surface area contributed by atoms with E-state index in [0.717, 1.165) is 12.2 Å². The molecule has 118 valence electrons. The first-order valence-corrected chi connectivity index (χ1v) is 7.28. The minimum Gasteiger partial charge on any atom is -0.331 e. The zero-order valence-electron chi connectivity index (χ0n) is 12.7. The number of hydrogen-bond donors (Lipinski definition) is 2. The van der Waals surface area contributed by atoms with Gasteiger partial charge >= 0.3 is 6.03 Å². The van der Waals surface area contributed by atoms with Crippen LogP contribution in [0.1, 0.15) is 12.7 Å². The predicted molar refractivity (Wildman–Crippen MR) is 85.1 cm³/mol. The number of carbonyl (C=O) groups excluding carboxylic acids is 1. The fourth-order valence-electron chi connectivity index (χ4n) is 2.12. The highest BCUT2D eigenvalue weighted by atomic mass is 16.2. The summed E-state index contributed by atoms with van der Waals surface area (Å²) >= 11 is 0. The summed E-state index contributed by atoms with van der Waals surface area (Å²) in [6.07, 6.45) is 4.99. The summed E-state index contributed by atoms with van der Waals surface area (Å²) in [6.45, 7) is 3.06. The first-order chi connectivity index (χ1) is 11.3. The third-order valence-electron chi connectivity index (χ3n) is 3.30. The molecule has 0 aliphatic carbocycles. The third kappa shape index (κ3) is 3.54. The molecule has 0 bridgehead atoms. The van der Waals surface area contributed by atoms with Crippen molar-refractivity contribution < 1.29 is 4.79 Å². The molecule has 0 spiro atoms. The first kappa shape index (κ1) is 14.8. The Bertz CT molecular complexity index is 778. The number of carbonyl (C=O) groups is 1. The largest absolute Gasteiger partial charge is 0.331 e. The quantitative estimate of drug-likeness (QED) is 0.752. The highest BCUT2D eigenvalue weighted by Crippen LogP contribution is 2.11. The van der Waals surface area contributed by atoms with Gasteiger partial charge in [0, 0.05) is 6.54 Å². The molecule has 8 heteroatoms. The smallest absolute Gasteiger partial charge is 0.319 e.